The maximum atomic E-state index is 2.44. The minimum Gasteiger partial charge on any atom is -0.0616 e. The SMILES string of the molecule is c1ccc2c(c1)ccc1c(-c3ccc4cc(-c5c6ccccc6c(-c6ccc7ccc8cccc9ccc6c7c89)c6c5ccc5ccccc56)ccc4c3)c3ccccc3c(-c3ccc4ccc5cccc6ccc3c4c56)c12. The molecule has 18 rings (SSSR count). The molecule has 78 heavy (non-hydrogen) atoms. The topological polar surface area (TPSA) is 0 Å². The molecule has 0 aromatic heterocycles. The molecule has 0 heteroatoms. The number of fused-ring (bicyclic) bond motifs is 9. The van der Waals surface area contributed by atoms with Gasteiger partial charge in [0, 0.05) is 0 Å². The van der Waals surface area contributed by atoms with Crippen molar-refractivity contribution >= 4 is 140 Å². The van der Waals surface area contributed by atoms with Gasteiger partial charge in [0.25, 0.3) is 0 Å². The van der Waals surface area contributed by atoms with Gasteiger partial charge in [-0.3, -0.25) is 0 Å². The number of hydrogen-bond acceptors (Lipinski definition) is 0. The van der Waals surface area contributed by atoms with Gasteiger partial charge in [0.05, 0.1) is 0 Å². The Bertz CT molecular complexity index is 5240. The van der Waals surface area contributed by atoms with Crippen molar-refractivity contribution in [3.8, 4) is 44.5 Å². The second kappa shape index (κ2) is 15.7. The molecule has 0 aliphatic rings. The van der Waals surface area contributed by atoms with E-state index in [0.717, 1.165) is 0 Å². The van der Waals surface area contributed by atoms with Crippen LogP contribution in [0.3, 0.4) is 0 Å². The number of benzene rings is 18. The third kappa shape index (κ3) is 5.73. The maximum absolute atomic E-state index is 2.44. The maximum Gasteiger partial charge on any atom is -0.00139 e. The minimum absolute atomic E-state index is 1.22. The van der Waals surface area contributed by atoms with Crippen LogP contribution in [0, 0.1) is 0 Å². The molecule has 0 radical (unpaired) electrons. The first kappa shape index (κ1) is 42.1. The fourth-order valence-electron chi connectivity index (χ4n) is 14.5. The van der Waals surface area contributed by atoms with E-state index in [1.807, 2.05) is 0 Å². The zero-order valence-electron chi connectivity index (χ0n) is 42.4. The highest BCUT2D eigenvalue weighted by Gasteiger charge is 2.24. The van der Waals surface area contributed by atoms with Gasteiger partial charge in [0.1, 0.15) is 0 Å². The first-order chi connectivity index (χ1) is 38.7. The van der Waals surface area contributed by atoms with Crippen LogP contribution in [0.15, 0.2) is 267 Å². The fourth-order valence-corrected chi connectivity index (χ4v) is 14.5. The average molecular weight is 981 g/mol. The second-order valence-corrected chi connectivity index (χ2v) is 21.7. The Morgan fingerprint density at radius 3 is 0.859 bits per heavy atom. The van der Waals surface area contributed by atoms with Gasteiger partial charge in [0.15, 0.2) is 0 Å². The van der Waals surface area contributed by atoms with Crippen LogP contribution < -0.4 is 0 Å². The van der Waals surface area contributed by atoms with E-state index in [1.54, 1.807) is 0 Å². The molecule has 0 saturated carbocycles. The van der Waals surface area contributed by atoms with Gasteiger partial charge in [-0.05, 0) is 197 Å². The lowest BCUT2D eigenvalue weighted by molar-refractivity contribution is 1.68. The van der Waals surface area contributed by atoms with Crippen molar-refractivity contribution in [3.63, 3.8) is 0 Å². The van der Waals surface area contributed by atoms with Crippen LogP contribution in [0.1, 0.15) is 0 Å². The predicted octanol–water partition coefficient (Wildman–Crippen LogP) is 22.2. The highest BCUT2D eigenvalue weighted by Crippen LogP contribution is 2.52. The second-order valence-electron chi connectivity index (χ2n) is 21.7. The lowest BCUT2D eigenvalue weighted by Crippen LogP contribution is -1.94. The molecule has 356 valence electrons. The van der Waals surface area contributed by atoms with Crippen LogP contribution in [-0.4, -0.2) is 0 Å². The van der Waals surface area contributed by atoms with Gasteiger partial charge in [-0.2, -0.15) is 0 Å². The van der Waals surface area contributed by atoms with Gasteiger partial charge in [0.2, 0.25) is 0 Å². The van der Waals surface area contributed by atoms with E-state index >= 15 is 0 Å². The van der Waals surface area contributed by atoms with Gasteiger partial charge < -0.3 is 0 Å². The molecule has 0 unspecified atom stereocenters. The summed E-state index contributed by atoms with van der Waals surface area (Å²) in [7, 11) is 0. The van der Waals surface area contributed by atoms with E-state index in [0.29, 0.717) is 0 Å². The quantitative estimate of drug-likeness (QED) is 0.122. The van der Waals surface area contributed by atoms with Gasteiger partial charge in [-0.1, -0.05) is 255 Å². The summed E-state index contributed by atoms with van der Waals surface area (Å²) in [6.07, 6.45) is 0. The standard InChI is InChI=1S/C78H44/c1-3-17-57-45(11-1)31-41-67-71(59-19-5-7-21-61(59)77(75(57)67)65-39-35-51-25-23-47-13-9-15-49-33-37-63(65)73(51)69(47)49)55-29-27-54-44-56(30-28-53(54)43-55)72-60-20-6-8-22-62(60)78(76-58-18-4-2-12-46(58)32-42-68(72)76)66-40-36-52-26-24-48-14-10-16-50-34-38-64(66)74(52)70(48)50/h1-44H. The lowest BCUT2D eigenvalue weighted by Gasteiger charge is -2.22. The zero-order chi connectivity index (χ0) is 50.7. The monoisotopic (exact) mass is 980 g/mol. The molecule has 0 fully saturated rings. The first-order valence-electron chi connectivity index (χ1n) is 27.3. The highest BCUT2D eigenvalue weighted by atomic mass is 14.3. The molecule has 0 saturated heterocycles. The molecule has 18 aromatic carbocycles. The molecule has 18 aromatic rings. The largest absolute Gasteiger partial charge is 0.0616 e. The van der Waals surface area contributed by atoms with Crippen LogP contribution in [0.4, 0.5) is 0 Å². The van der Waals surface area contributed by atoms with Crippen molar-refractivity contribution in [2.75, 3.05) is 0 Å². The van der Waals surface area contributed by atoms with Crippen molar-refractivity contribution in [1.29, 1.82) is 0 Å². The molecule has 0 N–H and O–H groups in total. The van der Waals surface area contributed by atoms with Crippen LogP contribution in [0.25, 0.3) is 185 Å². The summed E-state index contributed by atoms with van der Waals surface area (Å²) in [4.78, 5) is 0. The summed E-state index contributed by atoms with van der Waals surface area (Å²) in [6, 6.07) is 101. The zero-order valence-corrected chi connectivity index (χ0v) is 42.4. The Morgan fingerprint density at radius 2 is 0.436 bits per heavy atom. The highest BCUT2D eigenvalue weighted by molar-refractivity contribution is 6.35. The van der Waals surface area contributed by atoms with E-state index in [-0.39, 0.29) is 0 Å². The summed E-state index contributed by atoms with van der Waals surface area (Å²) in [6.45, 7) is 0. The van der Waals surface area contributed by atoms with Crippen molar-refractivity contribution in [2.45, 2.75) is 0 Å². The minimum atomic E-state index is 1.22. The molecule has 0 aliphatic carbocycles. The first-order valence-corrected chi connectivity index (χ1v) is 27.3. The average Bonchev–Trinajstić information content (AvgIpc) is 3.69. The van der Waals surface area contributed by atoms with E-state index in [9.17, 15) is 0 Å². The van der Waals surface area contributed by atoms with Crippen LogP contribution in [0.5, 0.6) is 0 Å². The predicted molar refractivity (Wildman–Crippen MR) is 338 cm³/mol. The third-order valence-corrected chi connectivity index (χ3v) is 17.8. The van der Waals surface area contributed by atoms with Gasteiger partial charge in [-0.25, -0.2) is 0 Å². The summed E-state index contributed by atoms with van der Waals surface area (Å²) in [5.74, 6) is 0. The Hall–Kier alpha value is -10.1. The molecule has 0 heterocycles. The van der Waals surface area contributed by atoms with Crippen LogP contribution in [-0.2, 0) is 0 Å². The van der Waals surface area contributed by atoms with Crippen molar-refractivity contribution in [2.24, 2.45) is 0 Å². The summed E-state index contributed by atoms with van der Waals surface area (Å²) < 4.78 is 0. The Morgan fingerprint density at radius 1 is 0.141 bits per heavy atom. The summed E-state index contributed by atoms with van der Waals surface area (Å²) in [5, 5.41) is 33.3. The lowest BCUT2D eigenvalue weighted by atomic mass is 9.81. The molecule has 0 spiro atoms. The molecular formula is C78H44. The summed E-state index contributed by atoms with van der Waals surface area (Å²) >= 11 is 0. The van der Waals surface area contributed by atoms with Crippen LogP contribution >= 0.6 is 0 Å². The van der Waals surface area contributed by atoms with E-state index < -0.39 is 0 Å². The fraction of sp³-hybridized carbons (Fsp3) is 0. The molecule has 0 atom stereocenters. The number of hydrogen-bond donors (Lipinski definition) is 0. The Kier molecular flexibility index (Phi) is 8.49. The third-order valence-electron chi connectivity index (χ3n) is 17.8. The van der Waals surface area contributed by atoms with E-state index in [2.05, 4.69) is 267 Å². The molecular weight excluding hydrogens is 937 g/mol. The Labute approximate surface area is 448 Å². The molecule has 0 bridgehead atoms. The Balaban J connectivity index is 0.864. The molecule has 0 amide bonds. The van der Waals surface area contributed by atoms with Crippen molar-refractivity contribution in [3.05, 3.63) is 267 Å². The van der Waals surface area contributed by atoms with Crippen LogP contribution in [0.2, 0.25) is 0 Å². The molecule has 0 aliphatic heterocycles. The van der Waals surface area contributed by atoms with E-state index in [1.165, 1.54) is 185 Å². The van der Waals surface area contributed by atoms with Gasteiger partial charge in [-0.15, -0.1) is 0 Å². The van der Waals surface area contributed by atoms with Gasteiger partial charge >= 0.3 is 0 Å². The van der Waals surface area contributed by atoms with Crippen molar-refractivity contribution < 1.29 is 0 Å². The summed E-state index contributed by atoms with van der Waals surface area (Å²) in [5.41, 5.74) is 10.1. The van der Waals surface area contributed by atoms with E-state index in [4.69, 9.17) is 0 Å². The number of rotatable bonds is 4. The normalized spacial score (nSPS) is 12.4. The smallest absolute Gasteiger partial charge is 0.00139 e. The van der Waals surface area contributed by atoms with Crippen molar-refractivity contribution in [1.82, 2.24) is 0 Å². The molecule has 0 nitrogen and oxygen atoms in total.